The van der Waals surface area contributed by atoms with Crippen molar-refractivity contribution in [2.45, 2.75) is 11.8 Å². The molecule has 0 aliphatic heterocycles. The molecule has 0 amide bonds. The van der Waals surface area contributed by atoms with Crippen LogP contribution in [0.4, 0.5) is 0 Å². The largest absolute Gasteiger partial charge is 0.359 e. The maximum Gasteiger partial charge on any atom is 0.0638 e. The molecule has 0 fully saturated rings. The molecule has 4 heteroatoms. The number of fused-ring (bicyclic) bond motifs is 1. The Hall–Kier alpha value is -1.94. The van der Waals surface area contributed by atoms with Crippen LogP contribution in [0.3, 0.4) is 0 Å². The first-order valence-corrected chi connectivity index (χ1v) is 7.59. The molecule has 0 saturated heterocycles. The third kappa shape index (κ3) is 1.98. The van der Waals surface area contributed by atoms with Gasteiger partial charge in [-0.2, -0.15) is 0 Å². The molecule has 0 radical (unpaired) electrons. The van der Waals surface area contributed by atoms with Crippen molar-refractivity contribution in [1.29, 1.82) is 0 Å². The van der Waals surface area contributed by atoms with Gasteiger partial charge in [0.05, 0.1) is 21.2 Å². The minimum atomic E-state index is -0.991. The summed E-state index contributed by atoms with van der Waals surface area (Å²) in [5, 5.41) is 1.02. The fourth-order valence-corrected chi connectivity index (χ4v) is 3.10. The Kier molecular flexibility index (Phi) is 2.95. The Balaban J connectivity index is 2.36. The van der Waals surface area contributed by atoms with Crippen LogP contribution in [0.1, 0.15) is 5.56 Å². The van der Waals surface area contributed by atoms with E-state index in [1.165, 1.54) is 5.56 Å². The first-order valence-electron chi connectivity index (χ1n) is 6.03. The second kappa shape index (κ2) is 4.63. The van der Waals surface area contributed by atoms with Crippen molar-refractivity contribution in [1.82, 2.24) is 9.97 Å². The van der Waals surface area contributed by atoms with Crippen LogP contribution in [0.25, 0.3) is 22.0 Å². The van der Waals surface area contributed by atoms with Gasteiger partial charge < -0.3 is 4.98 Å². The molecular weight excluding hydrogens is 256 g/mol. The van der Waals surface area contributed by atoms with Crippen molar-refractivity contribution >= 4 is 21.7 Å². The summed E-state index contributed by atoms with van der Waals surface area (Å²) < 4.78 is 11.7. The highest BCUT2D eigenvalue weighted by molar-refractivity contribution is 7.84. The Labute approximate surface area is 114 Å². The summed E-state index contributed by atoms with van der Waals surface area (Å²) in [5.74, 6) is 0. The van der Waals surface area contributed by atoms with Crippen molar-refractivity contribution in [3.8, 4) is 11.1 Å². The number of hydrogen-bond donors (Lipinski definition) is 1. The van der Waals surface area contributed by atoms with Crippen molar-refractivity contribution in [2.24, 2.45) is 0 Å². The zero-order valence-electron chi connectivity index (χ0n) is 10.8. The van der Waals surface area contributed by atoms with Gasteiger partial charge in [-0.15, -0.1) is 0 Å². The molecule has 3 nitrogen and oxygen atoms in total. The van der Waals surface area contributed by atoms with E-state index in [-0.39, 0.29) is 0 Å². The molecule has 19 heavy (non-hydrogen) atoms. The number of H-pyrrole nitrogens is 1. The second-order valence-electron chi connectivity index (χ2n) is 4.53. The third-order valence-corrected chi connectivity index (χ3v) is 4.24. The van der Waals surface area contributed by atoms with E-state index in [0.717, 1.165) is 26.9 Å². The fraction of sp³-hybridized carbons (Fsp3) is 0.133. The minimum Gasteiger partial charge on any atom is -0.359 e. The number of pyridine rings is 1. The average molecular weight is 270 g/mol. The van der Waals surface area contributed by atoms with Crippen LogP contribution in [-0.2, 0) is 10.8 Å². The summed E-state index contributed by atoms with van der Waals surface area (Å²) in [4.78, 5) is 8.28. The lowest BCUT2D eigenvalue weighted by Crippen LogP contribution is -1.88. The molecular formula is C15H14N2OS. The van der Waals surface area contributed by atoms with Crippen molar-refractivity contribution in [3.63, 3.8) is 0 Å². The number of aromatic amines is 1. The molecule has 3 rings (SSSR count). The number of nitrogens with one attached hydrogen (secondary N) is 1. The second-order valence-corrected chi connectivity index (χ2v) is 5.88. The molecule has 1 N–H and O–H groups in total. The molecule has 1 aromatic carbocycles. The lowest BCUT2D eigenvalue weighted by Gasteiger charge is -2.07. The Morgan fingerprint density at radius 3 is 2.79 bits per heavy atom. The van der Waals surface area contributed by atoms with E-state index in [9.17, 15) is 4.21 Å². The predicted octanol–water partition coefficient (Wildman–Crippen LogP) is 3.28. The monoisotopic (exact) mass is 270 g/mol. The SMILES string of the molecule is Cc1ccc2c(S(C)=O)c[nH]c2c1-c1cccnc1. The maximum absolute atomic E-state index is 11.7. The minimum absolute atomic E-state index is 0.847. The highest BCUT2D eigenvalue weighted by Crippen LogP contribution is 2.33. The van der Waals surface area contributed by atoms with E-state index in [1.807, 2.05) is 30.6 Å². The normalized spacial score (nSPS) is 12.7. The fourth-order valence-electron chi connectivity index (χ4n) is 2.40. The van der Waals surface area contributed by atoms with Crippen LogP contribution in [0, 0.1) is 6.92 Å². The van der Waals surface area contributed by atoms with E-state index < -0.39 is 10.8 Å². The van der Waals surface area contributed by atoms with E-state index in [0.29, 0.717) is 0 Å². The van der Waals surface area contributed by atoms with Crippen LogP contribution in [0.15, 0.2) is 47.8 Å². The van der Waals surface area contributed by atoms with Gasteiger partial charge in [-0.05, 0) is 18.6 Å². The summed E-state index contributed by atoms with van der Waals surface area (Å²) >= 11 is 0. The first kappa shape index (κ1) is 12.1. The van der Waals surface area contributed by atoms with Crippen molar-refractivity contribution in [2.75, 3.05) is 6.26 Å². The van der Waals surface area contributed by atoms with E-state index in [4.69, 9.17) is 0 Å². The lowest BCUT2D eigenvalue weighted by atomic mass is 9.99. The van der Waals surface area contributed by atoms with Crippen molar-refractivity contribution in [3.05, 3.63) is 48.4 Å². The molecule has 0 saturated carbocycles. The predicted molar refractivity (Wildman–Crippen MR) is 78.6 cm³/mol. The number of rotatable bonds is 2. The molecule has 1 unspecified atom stereocenters. The number of aromatic nitrogens is 2. The number of benzene rings is 1. The quantitative estimate of drug-likeness (QED) is 0.776. The van der Waals surface area contributed by atoms with Gasteiger partial charge in [0.25, 0.3) is 0 Å². The van der Waals surface area contributed by atoms with Gasteiger partial charge in [0.1, 0.15) is 0 Å². The maximum atomic E-state index is 11.7. The van der Waals surface area contributed by atoms with Gasteiger partial charge in [0, 0.05) is 41.4 Å². The zero-order chi connectivity index (χ0) is 13.4. The van der Waals surface area contributed by atoms with Crippen LogP contribution in [-0.4, -0.2) is 20.4 Å². The summed E-state index contributed by atoms with van der Waals surface area (Å²) in [7, 11) is -0.991. The van der Waals surface area contributed by atoms with E-state index >= 15 is 0 Å². The van der Waals surface area contributed by atoms with Crippen molar-refractivity contribution < 1.29 is 4.21 Å². The Bertz CT molecular complexity index is 762. The molecule has 96 valence electrons. The highest BCUT2D eigenvalue weighted by Gasteiger charge is 2.13. The van der Waals surface area contributed by atoms with Gasteiger partial charge in [-0.3, -0.25) is 9.19 Å². The average Bonchev–Trinajstić information content (AvgIpc) is 2.83. The summed E-state index contributed by atoms with van der Waals surface area (Å²) in [6, 6.07) is 8.06. The van der Waals surface area contributed by atoms with Gasteiger partial charge in [-0.1, -0.05) is 18.2 Å². The van der Waals surface area contributed by atoms with Crippen LogP contribution < -0.4 is 0 Å². The van der Waals surface area contributed by atoms with E-state index in [2.05, 4.69) is 23.0 Å². The summed E-state index contributed by atoms with van der Waals surface area (Å²) in [6.45, 7) is 2.07. The molecule has 3 aromatic rings. The summed E-state index contributed by atoms with van der Waals surface area (Å²) in [5.41, 5.74) is 4.40. The van der Waals surface area contributed by atoms with Gasteiger partial charge in [-0.25, -0.2) is 0 Å². The third-order valence-electron chi connectivity index (χ3n) is 3.29. The molecule has 0 spiro atoms. The molecule has 0 aliphatic carbocycles. The Morgan fingerprint density at radius 2 is 2.11 bits per heavy atom. The van der Waals surface area contributed by atoms with Gasteiger partial charge in [0.15, 0.2) is 0 Å². The molecule has 0 aliphatic rings. The molecule has 0 bridgehead atoms. The van der Waals surface area contributed by atoms with Crippen LogP contribution >= 0.6 is 0 Å². The standard InChI is InChI=1S/C15H14N2OS/c1-10-5-6-12-13(19(2)18)9-17-15(12)14(10)11-4-3-7-16-8-11/h3-9,17H,1-2H3. The molecule has 2 aromatic heterocycles. The summed E-state index contributed by atoms with van der Waals surface area (Å²) in [6.07, 6.45) is 7.15. The number of nitrogens with zero attached hydrogens (tertiary/aromatic N) is 1. The highest BCUT2D eigenvalue weighted by atomic mass is 32.2. The topological polar surface area (TPSA) is 45.8 Å². The van der Waals surface area contributed by atoms with Crippen LogP contribution in [0.2, 0.25) is 0 Å². The number of aryl methyl sites for hydroxylation is 1. The molecule has 1 atom stereocenters. The first-order chi connectivity index (χ1) is 9.18. The number of hydrogen-bond acceptors (Lipinski definition) is 2. The van der Waals surface area contributed by atoms with E-state index in [1.54, 1.807) is 12.5 Å². The lowest BCUT2D eigenvalue weighted by molar-refractivity contribution is 0.687. The Morgan fingerprint density at radius 1 is 1.26 bits per heavy atom. The van der Waals surface area contributed by atoms with Gasteiger partial charge in [0.2, 0.25) is 0 Å². The van der Waals surface area contributed by atoms with Gasteiger partial charge >= 0.3 is 0 Å². The smallest absolute Gasteiger partial charge is 0.0638 e. The van der Waals surface area contributed by atoms with Crippen LogP contribution in [0.5, 0.6) is 0 Å². The zero-order valence-corrected chi connectivity index (χ0v) is 11.6. The molecule has 2 heterocycles.